The molecule has 1 heterocycles. The summed E-state index contributed by atoms with van der Waals surface area (Å²) in [5.74, 6) is 0.694. The van der Waals surface area contributed by atoms with Crippen LogP contribution in [0.1, 0.15) is 12.0 Å². The molecular formula is C15H17ClN2OS. The fraction of sp³-hybridized carbons (Fsp3) is 0.267. The van der Waals surface area contributed by atoms with E-state index in [1.165, 1.54) is 11.8 Å². The predicted molar refractivity (Wildman–Crippen MR) is 84.0 cm³/mol. The van der Waals surface area contributed by atoms with E-state index >= 15 is 0 Å². The molecule has 0 bridgehead atoms. The van der Waals surface area contributed by atoms with Gasteiger partial charge in [-0.25, -0.2) is 4.98 Å². The first-order valence-electron chi connectivity index (χ1n) is 6.37. The number of hydrogen-bond acceptors (Lipinski definition) is 4. The molecule has 1 unspecified atom stereocenters. The molecule has 0 saturated carbocycles. The van der Waals surface area contributed by atoms with Gasteiger partial charge in [-0.1, -0.05) is 41.9 Å². The number of nitrogens with zero attached hydrogens (tertiary/aromatic N) is 1. The van der Waals surface area contributed by atoms with Gasteiger partial charge in [0.1, 0.15) is 10.6 Å². The van der Waals surface area contributed by atoms with Gasteiger partial charge in [0.15, 0.2) is 0 Å². The smallest absolute Gasteiger partial charge is 0.115 e. The van der Waals surface area contributed by atoms with Gasteiger partial charge in [0.05, 0.1) is 5.02 Å². The Labute approximate surface area is 128 Å². The third kappa shape index (κ3) is 3.73. The van der Waals surface area contributed by atoms with Crippen LogP contribution in [-0.2, 0) is 5.60 Å². The fourth-order valence-corrected chi connectivity index (χ4v) is 3.17. The summed E-state index contributed by atoms with van der Waals surface area (Å²) in [7, 11) is 0. The van der Waals surface area contributed by atoms with Crippen LogP contribution in [0, 0.1) is 0 Å². The van der Waals surface area contributed by atoms with E-state index < -0.39 is 5.60 Å². The molecule has 1 aromatic heterocycles. The first-order valence-corrected chi connectivity index (χ1v) is 7.73. The lowest BCUT2D eigenvalue weighted by molar-refractivity contribution is 0.0431. The van der Waals surface area contributed by atoms with Crippen molar-refractivity contribution < 1.29 is 5.11 Å². The van der Waals surface area contributed by atoms with Crippen molar-refractivity contribution in [3.63, 3.8) is 0 Å². The van der Waals surface area contributed by atoms with E-state index in [1.54, 1.807) is 12.3 Å². The monoisotopic (exact) mass is 308 g/mol. The molecule has 20 heavy (non-hydrogen) atoms. The summed E-state index contributed by atoms with van der Waals surface area (Å²) in [6.45, 7) is 0.188. The van der Waals surface area contributed by atoms with Crippen LogP contribution in [0.4, 0.5) is 0 Å². The fourth-order valence-electron chi connectivity index (χ4n) is 1.91. The molecule has 3 N–H and O–H groups in total. The zero-order chi connectivity index (χ0) is 14.4. The molecule has 106 valence electrons. The molecule has 1 atom stereocenters. The van der Waals surface area contributed by atoms with Crippen LogP contribution >= 0.6 is 23.4 Å². The second kappa shape index (κ2) is 7.09. The Morgan fingerprint density at radius 3 is 2.60 bits per heavy atom. The number of thioether (sulfide) groups is 1. The van der Waals surface area contributed by atoms with E-state index in [4.69, 9.17) is 17.3 Å². The average Bonchev–Trinajstić information content (AvgIpc) is 2.50. The van der Waals surface area contributed by atoms with Crippen LogP contribution < -0.4 is 5.73 Å². The molecule has 0 radical (unpaired) electrons. The number of benzene rings is 1. The summed E-state index contributed by atoms with van der Waals surface area (Å²) in [4.78, 5) is 4.21. The van der Waals surface area contributed by atoms with Crippen LogP contribution in [-0.4, -0.2) is 22.4 Å². The molecule has 2 rings (SSSR count). The van der Waals surface area contributed by atoms with Gasteiger partial charge in [-0.3, -0.25) is 0 Å². The van der Waals surface area contributed by atoms with Crippen molar-refractivity contribution in [2.45, 2.75) is 17.0 Å². The van der Waals surface area contributed by atoms with Gasteiger partial charge in [0.2, 0.25) is 0 Å². The molecule has 0 aliphatic heterocycles. The second-order valence-corrected chi connectivity index (χ2v) is 5.98. The Morgan fingerprint density at radius 1 is 1.20 bits per heavy atom. The molecule has 0 saturated heterocycles. The summed E-state index contributed by atoms with van der Waals surface area (Å²) in [6.07, 6.45) is 2.26. The molecule has 0 aliphatic carbocycles. The molecule has 5 heteroatoms. The molecule has 0 fully saturated rings. The average molecular weight is 309 g/mol. The molecule has 2 aromatic rings. The topological polar surface area (TPSA) is 59.1 Å². The van der Waals surface area contributed by atoms with Crippen LogP contribution in [0.15, 0.2) is 53.7 Å². The zero-order valence-corrected chi connectivity index (χ0v) is 12.6. The Bertz CT molecular complexity index is 553. The molecular weight excluding hydrogens is 292 g/mol. The maximum atomic E-state index is 10.6. The van der Waals surface area contributed by atoms with E-state index in [2.05, 4.69) is 4.98 Å². The highest BCUT2D eigenvalue weighted by molar-refractivity contribution is 7.99. The quantitative estimate of drug-likeness (QED) is 0.805. The van der Waals surface area contributed by atoms with Crippen LogP contribution in [0.25, 0.3) is 0 Å². The summed E-state index contributed by atoms with van der Waals surface area (Å²) >= 11 is 7.58. The summed E-state index contributed by atoms with van der Waals surface area (Å²) in [5.41, 5.74) is 5.59. The third-order valence-electron chi connectivity index (χ3n) is 3.13. The van der Waals surface area contributed by atoms with Crippen molar-refractivity contribution >= 4 is 23.4 Å². The van der Waals surface area contributed by atoms with Crippen molar-refractivity contribution in [1.29, 1.82) is 0 Å². The Morgan fingerprint density at radius 2 is 1.95 bits per heavy atom. The van der Waals surface area contributed by atoms with Crippen LogP contribution in [0.5, 0.6) is 0 Å². The zero-order valence-electron chi connectivity index (χ0n) is 11.0. The normalized spacial score (nSPS) is 13.9. The molecule has 3 nitrogen and oxygen atoms in total. The van der Waals surface area contributed by atoms with Crippen molar-refractivity contribution in [3.05, 3.63) is 59.2 Å². The van der Waals surface area contributed by atoms with Crippen LogP contribution in [0.3, 0.4) is 0 Å². The van der Waals surface area contributed by atoms with Crippen molar-refractivity contribution in [2.24, 2.45) is 5.73 Å². The number of aliphatic hydroxyl groups is 1. The number of aromatic nitrogens is 1. The van der Waals surface area contributed by atoms with Gasteiger partial charge >= 0.3 is 0 Å². The number of pyridine rings is 1. The highest BCUT2D eigenvalue weighted by atomic mass is 35.5. The maximum absolute atomic E-state index is 10.6. The molecule has 0 aliphatic rings. The number of rotatable bonds is 6. The van der Waals surface area contributed by atoms with Crippen molar-refractivity contribution in [3.8, 4) is 0 Å². The number of nitrogens with two attached hydrogens (primary N) is 1. The Balaban J connectivity index is 2.00. The standard InChI is InChI=1S/C15H17ClN2OS/c16-13-7-4-9-18-14(13)20-10-8-15(19,11-17)12-5-2-1-3-6-12/h1-7,9,19H,8,10-11,17H2. The first kappa shape index (κ1) is 15.3. The summed E-state index contributed by atoms with van der Waals surface area (Å²) < 4.78 is 0. The van der Waals surface area contributed by atoms with Gasteiger partial charge in [-0.2, -0.15) is 0 Å². The number of hydrogen-bond donors (Lipinski definition) is 2. The van der Waals surface area contributed by atoms with E-state index in [-0.39, 0.29) is 6.54 Å². The van der Waals surface area contributed by atoms with Crippen molar-refractivity contribution in [1.82, 2.24) is 4.98 Å². The lowest BCUT2D eigenvalue weighted by Crippen LogP contribution is -2.35. The Kier molecular flexibility index (Phi) is 5.43. The minimum absolute atomic E-state index is 0.188. The largest absolute Gasteiger partial charge is 0.384 e. The van der Waals surface area contributed by atoms with E-state index in [0.717, 1.165) is 10.6 Å². The highest BCUT2D eigenvalue weighted by Gasteiger charge is 2.27. The predicted octanol–water partition coefficient (Wildman–Crippen LogP) is 3.06. The number of halogens is 1. The second-order valence-electron chi connectivity index (χ2n) is 4.49. The van der Waals surface area contributed by atoms with Gasteiger partial charge in [0, 0.05) is 18.5 Å². The van der Waals surface area contributed by atoms with E-state index in [9.17, 15) is 5.11 Å². The lowest BCUT2D eigenvalue weighted by atomic mass is 9.91. The van der Waals surface area contributed by atoms with Gasteiger partial charge in [0.25, 0.3) is 0 Å². The van der Waals surface area contributed by atoms with Gasteiger partial charge < -0.3 is 10.8 Å². The molecule has 0 amide bonds. The van der Waals surface area contributed by atoms with Crippen molar-refractivity contribution in [2.75, 3.05) is 12.3 Å². The van der Waals surface area contributed by atoms with Crippen LogP contribution in [0.2, 0.25) is 5.02 Å². The van der Waals surface area contributed by atoms with Gasteiger partial charge in [-0.05, 0) is 24.1 Å². The third-order valence-corrected chi connectivity index (χ3v) is 4.55. The van der Waals surface area contributed by atoms with Gasteiger partial charge in [-0.15, -0.1) is 11.8 Å². The molecule has 0 spiro atoms. The summed E-state index contributed by atoms with van der Waals surface area (Å²) in [5, 5.41) is 12.1. The first-order chi connectivity index (χ1) is 9.65. The minimum Gasteiger partial charge on any atom is -0.384 e. The van der Waals surface area contributed by atoms with E-state index in [1.807, 2.05) is 36.4 Å². The molecule has 1 aromatic carbocycles. The minimum atomic E-state index is -1.00. The summed E-state index contributed by atoms with van der Waals surface area (Å²) in [6, 6.07) is 13.1. The van der Waals surface area contributed by atoms with E-state index in [0.29, 0.717) is 17.2 Å². The lowest BCUT2D eigenvalue weighted by Gasteiger charge is -2.27. The maximum Gasteiger partial charge on any atom is 0.115 e. The Hall–Kier alpha value is -1.07. The SMILES string of the molecule is NCC(O)(CCSc1ncccc1Cl)c1ccccc1. The highest BCUT2D eigenvalue weighted by Crippen LogP contribution is 2.30.